The summed E-state index contributed by atoms with van der Waals surface area (Å²) in [7, 11) is 0. The van der Waals surface area contributed by atoms with E-state index in [2.05, 4.69) is 20.6 Å². The number of aryl methyl sites for hydroxylation is 2. The Hall–Kier alpha value is -2.43. The van der Waals surface area contributed by atoms with Crippen LogP contribution in [-0.2, 0) is 0 Å². The number of aromatic nitrogens is 2. The standard InChI is InChI=1S/C15H18N4O/c1-4-16-14-9-12(8-11(3)18-14)15(20)19-13-7-10(2)5-6-17-13/h5-9H,4H2,1-3H3,(H,16,18)(H,17,19,20). The zero-order valence-corrected chi connectivity index (χ0v) is 11.9. The van der Waals surface area contributed by atoms with Crippen molar-refractivity contribution in [1.82, 2.24) is 9.97 Å². The highest BCUT2D eigenvalue weighted by Gasteiger charge is 2.09. The first-order chi connectivity index (χ1) is 9.58. The van der Waals surface area contributed by atoms with Gasteiger partial charge in [0.25, 0.3) is 5.91 Å². The molecule has 2 rings (SSSR count). The highest BCUT2D eigenvalue weighted by Crippen LogP contribution is 2.13. The Labute approximate surface area is 118 Å². The molecule has 0 unspecified atom stereocenters. The highest BCUT2D eigenvalue weighted by atomic mass is 16.1. The molecule has 0 spiro atoms. The zero-order chi connectivity index (χ0) is 14.5. The van der Waals surface area contributed by atoms with Crippen molar-refractivity contribution >= 4 is 17.5 Å². The molecule has 0 aliphatic rings. The number of nitrogens with zero attached hydrogens (tertiary/aromatic N) is 2. The second-order valence-electron chi connectivity index (χ2n) is 4.59. The predicted molar refractivity (Wildman–Crippen MR) is 80.1 cm³/mol. The van der Waals surface area contributed by atoms with E-state index in [0.29, 0.717) is 17.2 Å². The number of pyridine rings is 2. The van der Waals surface area contributed by atoms with Crippen LogP contribution in [0.4, 0.5) is 11.6 Å². The Morgan fingerprint density at radius 3 is 2.70 bits per heavy atom. The number of rotatable bonds is 4. The number of hydrogen-bond donors (Lipinski definition) is 2. The molecule has 0 saturated heterocycles. The highest BCUT2D eigenvalue weighted by molar-refractivity contribution is 6.04. The SMILES string of the molecule is CCNc1cc(C(=O)Nc2cc(C)ccn2)cc(C)n1. The minimum Gasteiger partial charge on any atom is -0.370 e. The van der Waals surface area contributed by atoms with Gasteiger partial charge in [0.1, 0.15) is 11.6 Å². The van der Waals surface area contributed by atoms with Crippen LogP contribution in [0.1, 0.15) is 28.5 Å². The molecular formula is C15H18N4O. The first-order valence-corrected chi connectivity index (χ1v) is 6.55. The van der Waals surface area contributed by atoms with Crippen molar-refractivity contribution < 1.29 is 4.79 Å². The van der Waals surface area contributed by atoms with Crippen LogP contribution >= 0.6 is 0 Å². The van der Waals surface area contributed by atoms with Crippen LogP contribution in [0.3, 0.4) is 0 Å². The van der Waals surface area contributed by atoms with Crippen LogP contribution in [0, 0.1) is 13.8 Å². The van der Waals surface area contributed by atoms with Gasteiger partial charge in [-0.05, 0) is 50.6 Å². The average Bonchev–Trinajstić information content (AvgIpc) is 2.38. The number of amides is 1. The second-order valence-corrected chi connectivity index (χ2v) is 4.59. The van der Waals surface area contributed by atoms with E-state index in [1.54, 1.807) is 18.3 Å². The van der Waals surface area contributed by atoms with Crippen LogP contribution in [0.2, 0.25) is 0 Å². The van der Waals surface area contributed by atoms with E-state index >= 15 is 0 Å². The van der Waals surface area contributed by atoms with Gasteiger partial charge in [-0.2, -0.15) is 0 Å². The van der Waals surface area contributed by atoms with Crippen LogP contribution < -0.4 is 10.6 Å². The second kappa shape index (κ2) is 6.14. The molecule has 1 amide bonds. The summed E-state index contributed by atoms with van der Waals surface area (Å²) in [5.74, 6) is 1.07. The van der Waals surface area contributed by atoms with Crippen molar-refractivity contribution in [2.75, 3.05) is 17.2 Å². The molecule has 0 fully saturated rings. The minimum atomic E-state index is -0.187. The first-order valence-electron chi connectivity index (χ1n) is 6.55. The molecule has 0 atom stereocenters. The van der Waals surface area contributed by atoms with Gasteiger partial charge in [0, 0.05) is 24.0 Å². The molecule has 20 heavy (non-hydrogen) atoms. The molecule has 0 saturated carbocycles. The number of anilines is 2. The molecule has 2 aromatic heterocycles. The normalized spacial score (nSPS) is 10.2. The van der Waals surface area contributed by atoms with E-state index in [0.717, 1.165) is 17.8 Å². The molecule has 0 radical (unpaired) electrons. The maximum atomic E-state index is 12.2. The molecule has 0 aliphatic heterocycles. The van der Waals surface area contributed by atoms with Gasteiger partial charge in [0.15, 0.2) is 0 Å². The summed E-state index contributed by atoms with van der Waals surface area (Å²) in [6.07, 6.45) is 1.67. The number of nitrogens with one attached hydrogen (secondary N) is 2. The average molecular weight is 270 g/mol. The largest absolute Gasteiger partial charge is 0.370 e. The van der Waals surface area contributed by atoms with Gasteiger partial charge in [0.2, 0.25) is 0 Å². The maximum absolute atomic E-state index is 12.2. The zero-order valence-electron chi connectivity index (χ0n) is 11.9. The lowest BCUT2D eigenvalue weighted by atomic mass is 10.2. The van der Waals surface area contributed by atoms with Crippen LogP contribution in [-0.4, -0.2) is 22.4 Å². The lowest BCUT2D eigenvalue weighted by molar-refractivity contribution is 0.102. The van der Waals surface area contributed by atoms with E-state index in [9.17, 15) is 4.79 Å². The fourth-order valence-corrected chi connectivity index (χ4v) is 1.86. The van der Waals surface area contributed by atoms with Crippen molar-refractivity contribution in [3.8, 4) is 0 Å². The molecule has 2 heterocycles. The van der Waals surface area contributed by atoms with E-state index in [1.807, 2.05) is 32.9 Å². The third-order valence-corrected chi connectivity index (χ3v) is 2.73. The van der Waals surface area contributed by atoms with Gasteiger partial charge in [-0.1, -0.05) is 0 Å². The fourth-order valence-electron chi connectivity index (χ4n) is 1.86. The van der Waals surface area contributed by atoms with Crippen molar-refractivity contribution in [1.29, 1.82) is 0 Å². The van der Waals surface area contributed by atoms with E-state index < -0.39 is 0 Å². The lowest BCUT2D eigenvalue weighted by Gasteiger charge is -2.08. The number of carbonyl (C=O) groups is 1. The quantitative estimate of drug-likeness (QED) is 0.896. The summed E-state index contributed by atoms with van der Waals surface area (Å²) < 4.78 is 0. The van der Waals surface area contributed by atoms with Gasteiger partial charge in [-0.25, -0.2) is 9.97 Å². The summed E-state index contributed by atoms with van der Waals surface area (Å²) in [5.41, 5.74) is 2.41. The summed E-state index contributed by atoms with van der Waals surface area (Å²) in [6, 6.07) is 7.21. The first kappa shape index (κ1) is 14.0. The van der Waals surface area contributed by atoms with Crippen molar-refractivity contribution in [2.45, 2.75) is 20.8 Å². The third-order valence-electron chi connectivity index (χ3n) is 2.73. The Kier molecular flexibility index (Phi) is 4.30. The van der Waals surface area contributed by atoms with Gasteiger partial charge in [-0.15, -0.1) is 0 Å². The van der Waals surface area contributed by atoms with Crippen LogP contribution in [0.25, 0.3) is 0 Å². The van der Waals surface area contributed by atoms with E-state index in [4.69, 9.17) is 0 Å². The molecular weight excluding hydrogens is 252 g/mol. The monoisotopic (exact) mass is 270 g/mol. The maximum Gasteiger partial charge on any atom is 0.257 e. The lowest BCUT2D eigenvalue weighted by Crippen LogP contribution is -2.14. The molecule has 0 aromatic carbocycles. The molecule has 5 nitrogen and oxygen atoms in total. The van der Waals surface area contributed by atoms with E-state index in [1.165, 1.54) is 0 Å². The summed E-state index contributed by atoms with van der Waals surface area (Å²) in [6.45, 7) is 6.57. The van der Waals surface area contributed by atoms with Gasteiger partial charge < -0.3 is 10.6 Å². The Morgan fingerprint density at radius 1 is 1.20 bits per heavy atom. The van der Waals surface area contributed by atoms with E-state index in [-0.39, 0.29) is 5.91 Å². The fraction of sp³-hybridized carbons (Fsp3) is 0.267. The summed E-state index contributed by atoms with van der Waals surface area (Å²) >= 11 is 0. The van der Waals surface area contributed by atoms with Crippen molar-refractivity contribution in [3.05, 3.63) is 47.3 Å². The summed E-state index contributed by atoms with van der Waals surface area (Å²) in [5, 5.41) is 5.90. The van der Waals surface area contributed by atoms with Crippen molar-refractivity contribution in [2.24, 2.45) is 0 Å². The Balaban J connectivity index is 2.20. The molecule has 104 valence electrons. The predicted octanol–water partition coefficient (Wildman–Crippen LogP) is 2.78. The molecule has 2 N–H and O–H groups in total. The molecule has 5 heteroatoms. The van der Waals surface area contributed by atoms with Gasteiger partial charge in [0.05, 0.1) is 0 Å². The third kappa shape index (κ3) is 3.54. The summed E-state index contributed by atoms with van der Waals surface area (Å²) in [4.78, 5) is 20.7. The molecule has 2 aromatic rings. The van der Waals surface area contributed by atoms with Gasteiger partial charge >= 0.3 is 0 Å². The topological polar surface area (TPSA) is 66.9 Å². The van der Waals surface area contributed by atoms with Crippen molar-refractivity contribution in [3.63, 3.8) is 0 Å². The Bertz CT molecular complexity index is 625. The van der Waals surface area contributed by atoms with Gasteiger partial charge in [-0.3, -0.25) is 4.79 Å². The molecule has 0 aliphatic carbocycles. The van der Waals surface area contributed by atoms with Crippen LogP contribution in [0.15, 0.2) is 30.5 Å². The van der Waals surface area contributed by atoms with Crippen LogP contribution in [0.5, 0.6) is 0 Å². The minimum absolute atomic E-state index is 0.187. The molecule has 0 bridgehead atoms. The smallest absolute Gasteiger partial charge is 0.257 e. The Morgan fingerprint density at radius 2 is 2.00 bits per heavy atom. The number of hydrogen-bond acceptors (Lipinski definition) is 4. The number of carbonyl (C=O) groups excluding carboxylic acids is 1.